The quantitative estimate of drug-likeness (QED) is 0.162. The summed E-state index contributed by atoms with van der Waals surface area (Å²) in [5.74, 6) is -1.77. The van der Waals surface area contributed by atoms with E-state index >= 15 is 0 Å². The number of rotatable bonds is 15. The number of nitrogens with two attached hydrogens (primary N) is 1. The number of nitrogens with one attached hydrogen (secondary N) is 2. The Kier molecular flexibility index (Phi) is 12.9. The lowest BCUT2D eigenvalue weighted by Gasteiger charge is -2.34. The highest BCUT2D eigenvalue weighted by Gasteiger charge is 2.37. The Morgan fingerprint density at radius 3 is 2.16 bits per heavy atom. The molecular weight excluding hydrogens is 568 g/mol. The largest absolute Gasteiger partial charge is 0.444 e. The van der Waals surface area contributed by atoms with Crippen LogP contribution in [0.4, 0.5) is 10.5 Å². The summed E-state index contributed by atoms with van der Waals surface area (Å²) in [5, 5.41) is 7.56. The van der Waals surface area contributed by atoms with Gasteiger partial charge in [-0.1, -0.05) is 99.2 Å². The molecule has 4 amide bonds. The van der Waals surface area contributed by atoms with Crippen LogP contribution in [0, 0.1) is 6.92 Å². The van der Waals surface area contributed by atoms with E-state index in [2.05, 4.69) is 17.6 Å². The maximum Gasteiger partial charge on any atom is 0.408 e. The molecule has 9 heteroatoms. The number of alkyl carbamates (subject to hydrolysis) is 1. The Morgan fingerprint density at radius 2 is 1.51 bits per heavy atom. The molecular formula is C36H48N4O5. The third-order valence-corrected chi connectivity index (χ3v) is 7.40. The average Bonchev–Trinajstić information content (AvgIpc) is 2.97. The summed E-state index contributed by atoms with van der Waals surface area (Å²) >= 11 is 0. The molecule has 45 heavy (non-hydrogen) atoms. The molecule has 0 aromatic heterocycles. The van der Waals surface area contributed by atoms with Crippen molar-refractivity contribution in [2.45, 2.75) is 97.2 Å². The summed E-state index contributed by atoms with van der Waals surface area (Å²) in [5.41, 5.74) is 6.90. The summed E-state index contributed by atoms with van der Waals surface area (Å²) in [6.07, 6.45) is 4.51. The van der Waals surface area contributed by atoms with Crippen molar-refractivity contribution >= 4 is 40.3 Å². The first-order chi connectivity index (χ1) is 21.4. The van der Waals surface area contributed by atoms with Crippen LogP contribution >= 0.6 is 0 Å². The van der Waals surface area contributed by atoms with Gasteiger partial charge in [0.25, 0.3) is 5.91 Å². The van der Waals surface area contributed by atoms with Crippen molar-refractivity contribution in [1.82, 2.24) is 10.2 Å². The van der Waals surface area contributed by atoms with Gasteiger partial charge in [0.1, 0.15) is 17.7 Å². The minimum Gasteiger partial charge on any atom is -0.444 e. The van der Waals surface area contributed by atoms with Crippen molar-refractivity contribution in [2.24, 2.45) is 5.73 Å². The molecule has 0 radical (unpaired) electrons. The number of hydrogen-bond acceptors (Lipinski definition) is 5. The van der Waals surface area contributed by atoms with E-state index in [4.69, 9.17) is 10.5 Å². The topological polar surface area (TPSA) is 131 Å². The number of unbranched alkanes of at least 4 members (excludes halogenated alkanes) is 5. The molecule has 9 nitrogen and oxygen atoms in total. The van der Waals surface area contributed by atoms with Crippen molar-refractivity contribution < 1.29 is 23.9 Å². The molecule has 2 unspecified atom stereocenters. The number of anilines is 1. The van der Waals surface area contributed by atoms with Crippen molar-refractivity contribution in [2.75, 3.05) is 11.9 Å². The van der Waals surface area contributed by atoms with E-state index in [9.17, 15) is 19.2 Å². The van der Waals surface area contributed by atoms with Crippen LogP contribution in [0.1, 0.15) is 89.8 Å². The van der Waals surface area contributed by atoms with Gasteiger partial charge in [-0.25, -0.2) is 4.79 Å². The first kappa shape index (κ1) is 35.1. The molecule has 0 aliphatic heterocycles. The highest BCUT2D eigenvalue weighted by molar-refractivity contribution is 6.01. The van der Waals surface area contributed by atoms with Crippen LogP contribution < -0.4 is 16.4 Å². The number of benzene rings is 3. The van der Waals surface area contributed by atoms with Gasteiger partial charge in [0.05, 0.1) is 6.42 Å². The second-order valence-corrected chi connectivity index (χ2v) is 12.5. The number of hydrogen-bond donors (Lipinski definition) is 3. The van der Waals surface area contributed by atoms with Crippen molar-refractivity contribution in [3.05, 3.63) is 77.9 Å². The number of primary amides is 1. The van der Waals surface area contributed by atoms with Gasteiger partial charge >= 0.3 is 6.09 Å². The maximum atomic E-state index is 14.3. The molecule has 0 saturated carbocycles. The Balaban J connectivity index is 2.01. The fourth-order valence-electron chi connectivity index (χ4n) is 5.18. The number of carbonyl (C=O) groups is 4. The first-order valence-electron chi connectivity index (χ1n) is 15.8. The summed E-state index contributed by atoms with van der Waals surface area (Å²) in [6.45, 7) is 9.44. The molecule has 0 spiro atoms. The number of nitrogens with zero attached hydrogens (tertiary/aromatic N) is 1. The minimum atomic E-state index is -1.32. The molecule has 0 saturated heterocycles. The standard InChI is InChI=1S/C36H48N4O5/c1-6-7-8-9-10-13-22-40(34(43)30(24-31(37)41)39-35(44)45-36(3,4)5)32(27-18-16-25(2)17-19-27)33(42)38-29-21-20-26-14-11-12-15-28(26)23-29/h11-12,14-21,23,30,32H,6-10,13,22,24H2,1-5H3,(H2,37,41)(H,38,42)(H,39,44). The normalized spacial score (nSPS) is 12.6. The van der Waals surface area contributed by atoms with Crippen LogP contribution in [0.2, 0.25) is 0 Å². The van der Waals surface area contributed by atoms with Gasteiger partial charge in [0.15, 0.2) is 0 Å². The van der Waals surface area contributed by atoms with E-state index in [0.29, 0.717) is 17.7 Å². The van der Waals surface area contributed by atoms with Crippen molar-refractivity contribution in [3.8, 4) is 0 Å². The zero-order valence-corrected chi connectivity index (χ0v) is 27.2. The maximum absolute atomic E-state index is 14.3. The number of ether oxygens (including phenoxy) is 1. The van der Waals surface area contributed by atoms with Gasteiger partial charge in [-0.15, -0.1) is 0 Å². The molecule has 2 atom stereocenters. The van der Waals surface area contributed by atoms with Crippen LogP contribution in [-0.2, 0) is 19.1 Å². The summed E-state index contributed by atoms with van der Waals surface area (Å²) in [4.78, 5) is 54.9. The molecule has 3 aromatic carbocycles. The molecule has 0 aliphatic rings. The Hall–Kier alpha value is -4.40. The Labute approximate surface area is 266 Å². The molecule has 4 N–H and O–H groups in total. The van der Waals surface area contributed by atoms with Crippen LogP contribution in [-0.4, -0.2) is 46.9 Å². The number of aryl methyl sites for hydroxylation is 1. The van der Waals surface area contributed by atoms with E-state index in [-0.39, 0.29) is 6.54 Å². The molecule has 0 heterocycles. The zero-order chi connectivity index (χ0) is 33.0. The van der Waals surface area contributed by atoms with Crippen LogP contribution in [0.5, 0.6) is 0 Å². The average molecular weight is 617 g/mol. The second kappa shape index (κ2) is 16.6. The van der Waals surface area contributed by atoms with Crippen LogP contribution in [0.3, 0.4) is 0 Å². The monoisotopic (exact) mass is 616 g/mol. The third kappa shape index (κ3) is 11.2. The molecule has 242 valence electrons. The summed E-state index contributed by atoms with van der Waals surface area (Å²) in [6, 6.07) is 18.5. The molecule has 0 bridgehead atoms. The molecule has 0 aliphatic carbocycles. The van der Waals surface area contributed by atoms with E-state index in [0.717, 1.165) is 48.4 Å². The van der Waals surface area contributed by atoms with E-state index in [1.807, 2.05) is 73.7 Å². The summed E-state index contributed by atoms with van der Waals surface area (Å²) < 4.78 is 5.38. The highest BCUT2D eigenvalue weighted by atomic mass is 16.6. The lowest BCUT2D eigenvalue weighted by molar-refractivity contribution is -0.142. The fourth-order valence-corrected chi connectivity index (χ4v) is 5.18. The van der Waals surface area contributed by atoms with Crippen molar-refractivity contribution in [1.29, 1.82) is 0 Å². The van der Waals surface area contributed by atoms with Gasteiger partial charge < -0.3 is 26.0 Å². The molecule has 3 rings (SSSR count). The minimum absolute atomic E-state index is 0.236. The third-order valence-electron chi connectivity index (χ3n) is 7.40. The predicted octanol–water partition coefficient (Wildman–Crippen LogP) is 6.79. The van der Waals surface area contributed by atoms with E-state index < -0.39 is 47.9 Å². The van der Waals surface area contributed by atoms with Gasteiger partial charge in [-0.3, -0.25) is 14.4 Å². The summed E-state index contributed by atoms with van der Waals surface area (Å²) in [7, 11) is 0. The Bertz CT molecular complexity index is 1450. The predicted molar refractivity (Wildman–Crippen MR) is 179 cm³/mol. The zero-order valence-electron chi connectivity index (χ0n) is 27.2. The number of amides is 4. The van der Waals surface area contributed by atoms with E-state index in [1.165, 1.54) is 4.90 Å². The van der Waals surface area contributed by atoms with Gasteiger partial charge in [-0.2, -0.15) is 0 Å². The number of carbonyl (C=O) groups excluding carboxylic acids is 4. The Morgan fingerprint density at radius 1 is 0.867 bits per heavy atom. The van der Waals surface area contributed by atoms with Crippen LogP contribution in [0.15, 0.2) is 66.7 Å². The second-order valence-electron chi connectivity index (χ2n) is 12.5. The SMILES string of the molecule is CCCCCCCCN(C(=O)C(CC(N)=O)NC(=O)OC(C)(C)C)C(C(=O)Nc1ccc2ccccc2c1)c1ccc(C)cc1. The van der Waals surface area contributed by atoms with Gasteiger partial charge in [0, 0.05) is 12.2 Å². The molecule has 0 fully saturated rings. The smallest absolute Gasteiger partial charge is 0.408 e. The molecule has 3 aromatic rings. The lowest BCUT2D eigenvalue weighted by Crippen LogP contribution is -2.53. The van der Waals surface area contributed by atoms with Gasteiger partial charge in [-0.05, 0) is 62.6 Å². The van der Waals surface area contributed by atoms with Crippen molar-refractivity contribution in [3.63, 3.8) is 0 Å². The number of fused-ring (bicyclic) bond motifs is 1. The van der Waals surface area contributed by atoms with E-state index in [1.54, 1.807) is 20.8 Å². The highest BCUT2D eigenvalue weighted by Crippen LogP contribution is 2.27. The van der Waals surface area contributed by atoms with Gasteiger partial charge in [0.2, 0.25) is 11.8 Å². The fraction of sp³-hybridized carbons (Fsp3) is 0.444. The van der Waals surface area contributed by atoms with Crippen LogP contribution in [0.25, 0.3) is 10.8 Å². The lowest BCUT2D eigenvalue weighted by atomic mass is 9.99. The first-order valence-corrected chi connectivity index (χ1v) is 15.8.